The molecule has 70 valence electrons. The van der Waals surface area contributed by atoms with Crippen LogP contribution in [0.25, 0.3) is 0 Å². The minimum atomic E-state index is -0.763. The molecule has 1 aromatic carbocycles. The van der Waals surface area contributed by atoms with Gasteiger partial charge in [-0.2, -0.15) is 0 Å². The first kappa shape index (κ1) is 10.7. The molecule has 0 bridgehead atoms. The Bertz CT molecular complexity index is 354. The van der Waals surface area contributed by atoms with Crippen molar-refractivity contribution in [2.75, 3.05) is 7.11 Å². The van der Waals surface area contributed by atoms with E-state index in [1.54, 1.807) is 22.6 Å². The summed E-state index contributed by atoms with van der Waals surface area (Å²) in [6, 6.07) is 2.95. The van der Waals surface area contributed by atoms with Crippen LogP contribution in [0.2, 0.25) is 5.02 Å². The van der Waals surface area contributed by atoms with E-state index in [1.165, 1.54) is 19.2 Å². The van der Waals surface area contributed by atoms with Gasteiger partial charge in [0.2, 0.25) is 0 Å². The first-order valence-corrected chi connectivity index (χ1v) is 4.75. The van der Waals surface area contributed by atoms with Crippen LogP contribution in [0.4, 0.5) is 4.39 Å². The summed E-state index contributed by atoms with van der Waals surface area (Å²) >= 11 is 7.41. The van der Waals surface area contributed by atoms with Crippen LogP contribution >= 0.6 is 34.2 Å². The van der Waals surface area contributed by atoms with Gasteiger partial charge in [0, 0.05) is 3.57 Å². The Kier molecular flexibility index (Phi) is 3.49. The van der Waals surface area contributed by atoms with Gasteiger partial charge < -0.3 is 4.74 Å². The van der Waals surface area contributed by atoms with Crippen LogP contribution in [0.15, 0.2) is 12.1 Å². The van der Waals surface area contributed by atoms with Gasteiger partial charge in [0.05, 0.1) is 12.1 Å². The number of carbonyl (C=O) groups is 1. The van der Waals surface area contributed by atoms with E-state index < -0.39 is 11.8 Å². The van der Waals surface area contributed by atoms with Crippen LogP contribution in [0.1, 0.15) is 10.4 Å². The third-order valence-corrected chi connectivity index (χ3v) is 2.58. The average Bonchev–Trinajstić information content (AvgIpc) is 2.12. The summed E-state index contributed by atoms with van der Waals surface area (Å²) in [6.07, 6.45) is 0. The standard InChI is InChI=1S/C8H5ClFIO2/c1-13-8(12)6-4(9)2-3-5(11)7(6)10/h2-3H,1H3. The molecule has 1 rings (SSSR count). The summed E-state index contributed by atoms with van der Waals surface area (Å²) in [5.74, 6) is -1.40. The smallest absolute Gasteiger partial charge is 0.342 e. The average molecular weight is 314 g/mol. The van der Waals surface area contributed by atoms with Crippen LogP contribution in [-0.4, -0.2) is 13.1 Å². The molecule has 0 aliphatic rings. The molecule has 0 spiro atoms. The van der Waals surface area contributed by atoms with Crippen LogP contribution < -0.4 is 0 Å². The van der Waals surface area contributed by atoms with Gasteiger partial charge in [-0.05, 0) is 34.7 Å². The third-order valence-electron chi connectivity index (χ3n) is 1.43. The van der Waals surface area contributed by atoms with E-state index in [9.17, 15) is 9.18 Å². The Morgan fingerprint density at radius 1 is 1.62 bits per heavy atom. The minimum Gasteiger partial charge on any atom is -0.465 e. The Labute approximate surface area is 93.2 Å². The van der Waals surface area contributed by atoms with Gasteiger partial charge in [0.1, 0.15) is 5.56 Å². The summed E-state index contributed by atoms with van der Waals surface area (Å²) in [5, 5.41) is 0.0600. The van der Waals surface area contributed by atoms with Gasteiger partial charge in [-0.3, -0.25) is 0 Å². The maximum Gasteiger partial charge on any atom is 0.342 e. The zero-order chi connectivity index (χ0) is 10.0. The molecule has 5 heteroatoms. The molecular weight excluding hydrogens is 309 g/mol. The summed E-state index contributed by atoms with van der Waals surface area (Å²) in [5.41, 5.74) is -0.212. The molecule has 0 aliphatic carbocycles. The quantitative estimate of drug-likeness (QED) is 0.453. The molecular formula is C8H5ClFIO2. The summed E-state index contributed by atoms with van der Waals surface area (Å²) in [6.45, 7) is 0. The van der Waals surface area contributed by atoms with Gasteiger partial charge in [-0.1, -0.05) is 11.6 Å². The monoisotopic (exact) mass is 314 g/mol. The molecule has 0 atom stereocenters. The first-order valence-electron chi connectivity index (χ1n) is 3.29. The number of methoxy groups -OCH3 is 1. The van der Waals surface area contributed by atoms with Crippen molar-refractivity contribution >= 4 is 40.2 Å². The summed E-state index contributed by atoms with van der Waals surface area (Å²) < 4.78 is 18.0. The molecule has 0 heterocycles. The Balaban J connectivity index is 3.33. The van der Waals surface area contributed by atoms with Crippen molar-refractivity contribution in [3.05, 3.63) is 32.1 Å². The number of halogens is 3. The van der Waals surface area contributed by atoms with Gasteiger partial charge in [0.15, 0.2) is 5.82 Å². The normalized spacial score (nSPS) is 9.85. The number of carbonyl (C=O) groups excluding carboxylic acids is 1. The van der Waals surface area contributed by atoms with Crippen molar-refractivity contribution in [3.63, 3.8) is 0 Å². The van der Waals surface area contributed by atoms with Gasteiger partial charge >= 0.3 is 5.97 Å². The molecule has 0 radical (unpaired) electrons. The second kappa shape index (κ2) is 4.23. The number of hydrogen-bond donors (Lipinski definition) is 0. The van der Waals surface area contributed by atoms with Crippen LogP contribution in [0.5, 0.6) is 0 Å². The number of hydrogen-bond acceptors (Lipinski definition) is 2. The summed E-state index contributed by atoms with van der Waals surface area (Å²) in [7, 11) is 1.18. The number of rotatable bonds is 1. The molecule has 2 nitrogen and oxygen atoms in total. The van der Waals surface area contributed by atoms with Crippen molar-refractivity contribution in [2.45, 2.75) is 0 Å². The predicted octanol–water partition coefficient (Wildman–Crippen LogP) is 2.87. The Morgan fingerprint density at radius 3 is 2.77 bits per heavy atom. The zero-order valence-corrected chi connectivity index (χ0v) is 9.52. The highest BCUT2D eigenvalue weighted by atomic mass is 127. The Morgan fingerprint density at radius 2 is 2.23 bits per heavy atom. The second-order valence-electron chi connectivity index (χ2n) is 2.21. The van der Waals surface area contributed by atoms with Gasteiger partial charge in [0.25, 0.3) is 0 Å². The fraction of sp³-hybridized carbons (Fsp3) is 0.125. The SMILES string of the molecule is COC(=O)c1c(Cl)ccc(I)c1F. The van der Waals surface area contributed by atoms with E-state index in [0.29, 0.717) is 3.57 Å². The van der Waals surface area contributed by atoms with E-state index in [1.807, 2.05) is 0 Å². The lowest BCUT2D eigenvalue weighted by atomic mass is 10.2. The van der Waals surface area contributed by atoms with Crippen molar-refractivity contribution in [1.29, 1.82) is 0 Å². The fourth-order valence-corrected chi connectivity index (χ4v) is 1.49. The molecule has 0 amide bonds. The topological polar surface area (TPSA) is 26.3 Å². The molecule has 1 aromatic rings. The van der Waals surface area contributed by atoms with Crippen LogP contribution in [-0.2, 0) is 4.74 Å². The maximum absolute atomic E-state index is 13.3. The lowest BCUT2D eigenvalue weighted by Crippen LogP contribution is -2.06. The molecule has 0 fully saturated rings. The van der Waals surface area contributed by atoms with Crippen molar-refractivity contribution in [3.8, 4) is 0 Å². The van der Waals surface area contributed by atoms with E-state index in [2.05, 4.69) is 4.74 Å². The number of ether oxygens (including phenoxy) is 1. The van der Waals surface area contributed by atoms with Crippen molar-refractivity contribution < 1.29 is 13.9 Å². The second-order valence-corrected chi connectivity index (χ2v) is 3.78. The fourth-order valence-electron chi connectivity index (χ4n) is 0.816. The molecule has 0 unspecified atom stereocenters. The first-order chi connectivity index (χ1) is 6.07. The molecule has 0 saturated heterocycles. The minimum absolute atomic E-state index is 0.0600. The van der Waals surface area contributed by atoms with E-state index in [4.69, 9.17) is 11.6 Å². The van der Waals surface area contributed by atoms with Crippen LogP contribution in [0, 0.1) is 9.39 Å². The lowest BCUT2D eigenvalue weighted by Gasteiger charge is -2.04. The van der Waals surface area contributed by atoms with Crippen molar-refractivity contribution in [2.24, 2.45) is 0 Å². The Hall–Kier alpha value is -0.360. The van der Waals surface area contributed by atoms with E-state index >= 15 is 0 Å². The van der Waals surface area contributed by atoms with E-state index in [0.717, 1.165) is 0 Å². The predicted molar refractivity (Wildman–Crippen MR) is 55.5 cm³/mol. The van der Waals surface area contributed by atoms with Gasteiger partial charge in [-0.25, -0.2) is 9.18 Å². The molecule has 13 heavy (non-hydrogen) atoms. The van der Waals surface area contributed by atoms with Crippen LogP contribution in [0.3, 0.4) is 0 Å². The van der Waals surface area contributed by atoms with Crippen molar-refractivity contribution in [1.82, 2.24) is 0 Å². The number of benzene rings is 1. The zero-order valence-electron chi connectivity index (χ0n) is 6.61. The van der Waals surface area contributed by atoms with Gasteiger partial charge in [-0.15, -0.1) is 0 Å². The molecule has 0 aromatic heterocycles. The highest BCUT2D eigenvalue weighted by Crippen LogP contribution is 2.23. The maximum atomic E-state index is 13.3. The molecule has 0 saturated carbocycles. The molecule has 0 aliphatic heterocycles. The largest absolute Gasteiger partial charge is 0.465 e. The number of esters is 1. The highest BCUT2D eigenvalue weighted by Gasteiger charge is 2.18. The highest BCUT2D eigenvalue weighted by molar-refractivity contribution is 14.1. The van der Waals surface area contributed by atoms with E-state index in [-0.39, 0.29) is 10.6 Å². The summed E-state index contributed by atoms with van der Waals surface area (Å²) in [4.78, 5) is 11.1. The third kappa shape index (κ3) is 2.11. The molecule has 0 N–H and O–H groups in total. The lowest BCUT2D eigenvalue weighted by molar-refractivity contribution is 0.0595.